The van der Waals surface area contributed by atoms with E-state index < -0.39 is 0 Å². The molecule has 0 N–H and O–H groups in total. The summed E-state index contributed by atoms with van der Waals surface area (Å²) in [5, 5.41) is 17.8. The van der Waals surface area contributed by atoms with Gasteiger partial charge >= 0.3 is 0 Å². The molecular weight excluding hydrogens is 561 g/mol. The second-order valence-corrected chi connectivity index (χ2v) is 13.6. The molecular formula is C39H24N2S2. The number of hydrogen-bond donors (Lipinski definition) is 0. The third-order valence-electron chi connectivity index (χ3n) is 8.73. The molecule has 0 fully saturated rings. The molecule has 9 rings (SSSR count). The molecule has 0 aliphatic carbocycles. The van der Waals surface area contributed by atoms with Gasteiger partial charge in [0.25, 0.3) is 0 Å². The summed E-state index contributed by atoms with van der Waals surface area (Å²) >= 11 is 3.56. The summed E-state index contributed by atoms with van der Waals surface area (Å²) in [5.41, 5.74) is 9.02. The Bertz CT molecular complexity index is 2600. The number of aromatic nitrogens is 1. The molecule has 43 heavy (non-hydrogen) atoms. The molecule has 0 aliphatic heterocycles. The highest BCUT2D eigenvalue weighted by Crippen LogP contribution is 2.44. The first-order chi connectivity index (χ1) is 21.1. The molecule has 3 aromatic heterocycles. The van der Waals surface area contributed by atoms with E-state index in [0.717, 1.165) is 32.5 Å². The highest BCUT2D eigenvalue weighted by Gasteiger charge is 2.19. The van der Waals surface area contributed by atoms with E-state index in [4.69, 9.17) is 0 Å². The predicted molar refractivity (Wildman–Crippen MR) is 186 cm³/mol. The number of thiophene rings is 2. The fourth-order valence-electron chi connectivity index (χ4n) is 6.73. The Labute approximate surface area is 256 Å². The number of hydrogen-bond acceptors (Lipinski definition) is 3. The van der Waals surface area contributed by atoms with Gasteiger partial charge in [-0.05, 0) is 79.6 Å². The molecule has 0 unspecified atom stereocenters. The van der Waals surface area contributed by atoms with E-state index in [1.54, 1.807) is 11.3 Å². The zero-order valence-corrected chi connectivity index (χ0v) is 25.2. The standard InChI is InChI=1S/C39H24N2S2/c1-22-10-14-33-30(16-22)31-17-23(2)11-15-34(31)41(33)35-8-5-7-29-32-19-25(18-26(21-40)38(32)43-39(29)35)24-12-13-28-27-6-3-4-9-36(27)42-37(28)20-24/h3-20H,1-2H3. The lowest BCUT2D eigenvalue weighted by molar-refractivity contribution is 1.20. The molecule has 202 valence electrons. The van der Waals surface area contributed by atoms with Crippen molar-refractivity contribution in [2.45, 2.75) is 13.8 Å². The number of nitriles is 1. The van der Waals surface area contributed by atoms with Gasteiger partial charge in [-0.25, -0.2) is 0 Å². The lowest BCUT2D eigenvalue weighted by atomic mass is 9.99. The third kappa shape index (κ3) is 3.56. The summed E-state index contributed by atoms with van der Waals surface area (Å²) in [6.45, 7) is 4.31. The maximum Gasteiger partial charge on any atom is 0.101 e. The number of rotatable bonds is 2. The lowest BCUT2D eigenvalue weighted by Crippen LogP contribution is -1.94. The van der Waals surface area contributed by atoms with Gasteiger partial charge in [0, 0.05) is 41.7 Å². The van der Waals surface area contributed by atoms with Crippen LogP contribution in [-0.4, -0.2) is 4.57 Å². The molecule has 0 radical (unpaired) electrons. The van der Waals surface area contributed by atoms with Gasteiger partial charge in [0.15, 0.2) is 0 Å². The molecule has 0 amide bonds. The van der Waals surface area contributed by atoms with Gasteiger partial charge in [-0.2, -0.15) is 5.26 Å². The molecule has 0 atom stereocenters. The monoisotopic (exact) mass is 584 g/mol. The Hall–Kier alpha value is -4.95. The summed E-state index contributed by atoms with van der Waals surface area (Å²) in [5.74, 6) is 0. The first-order valence-electron chi connectivity index (χ1n) is 14.4. The molecule has 9 aromatic rings. The minimum atomic E-state index is 0.726. The van der Waals surface area contributed by atoms with Crippen molar-refractivity contribution in [2.24, 2.45) is 0 Å². The molecule has 6 aromatic carbocycles. The Morgan fingerprint density at radius 1 is 0.535 bits per heavy atom. The molecule has 0 saturated carbocycles. The zero-order chi connectivity index (χ0) is 28.8. The summed E-state index contributed by atoms with van der Waals surface area (Å²) < 4.78 is 7.22. The summed E-state index contributed by atoms with van der Waals surface area (Å²) in [6.07, 6.45) is 0. The van der Waals surface area contributed by atoms with Crippen molar-refractivity contribution < 1.29 is 0 Å². The van der Waals surface area contributed by atoms with E-state index in [2.05, 4.69) is 134 Å². The van der Waals surface area contributed by atoms with E-state index in [-0.39, 0.29) is 0 Å². The fourth-order valence-corrected chi connectivity index (χ4v) is 9.12. The second kappa shape index (κ2) is 9.02. The van der Waals surface area contributed by atoms with Crippen LogP contribution in [0.3, 0.4) is 0 Å². The average molecular weight is 585 g/mol. The van der Waals surface area contributed by atoms with Gasteiger partial charge in [0.1, 0.15) is 6.07 Å². The van der Waals surface area contributed by atoms with Crippen molar-refractivity contribution in [3.63, 3.8) is 0 Å². The molecule has 4 heteroatoms. The maximum atomic E-state index is 10.3. The SMILES string of the molecule is Cc1ccc2c(c1)c1cc(C)ccc1n2-c1cccc2c1sc1c(C#N)cc(-c3ccc4c(c3)sc3ccccc34)cc12. The molecule has 2 nitrogen and oxygen atoms in total. The van der Waals surface area contributed by atoms with E-state index in [1.165, 1.54) is 63.2 Å². The number of nitrogens with zero attached hydrogens (tertiary/aromatic N) is 2. The van der Waals surface area contributed by atoms with Crippen molar-refractivity contribution in [1.82, 2.24) is 4.57 Å². The van der Waals surface area contributed by atoms with Crippen LogP contribution in [0.1, 0.15) is 16.7 Å². The Kier molecular flexibility index (Phi) is 5.17. The molecule has 0 bridgehead atoms. The number of fused-ring (bicyclic) bond motifs is 9. The summed E-state index contributed by atoms with van der Waals surface area (Å²) in [7, 11) is 0. The average Bonchev–Trinajstić information content (AvgIpc) is 3.69. The van der Waals surface area contributed by atoms with Crippen LogP contribution >= 0.6 is 22.7 Å². The summed E-state index contributed by atoms with van der Waals surface area (Å²) in [6, 6.07) is 42.3. The van der Waals surface area contributed by atoms with Crippen LogP contribution in [-0.2, 0) is 0 Å². The van der Waals surface area contributed by atoms with E-state index in [1.807, 2.05) is 11.3 Å². The minimum Gasteiger partial charge on any atom is -0.308 e. The highest BCUT2D eigenvalue weighted by molar-refractivity contribution is 7.26. The minimum absolute atomic E-state index is 0.726. The van der Waals surface area contributed by atoms with Crippen LogP contribution in [0.15, 0.2) is 109 Å². The van der Waals surface area contributed by atoms with Gasteiger partial charge in [0.05, 0.1) is 31.7 Å². The fraction of sp³-hybridized carbons (Fsp3) is 0.0513. The molecule has 3 heterocycles. The molecule has 0 saturated heterocycles. The molecule has 0 spiro atoms. The van der Waals surface area contributed by atoms with E-state index >= 15 is 0 Å². The van der Waals surface area contributed by atoms with E-state index in [9.17, 15) is 5.26 Å². The Morgan fingerprint density at radius 3 is 2.02 bits per heavy atom. The van der Waals surface area contributed by atoms with Gasteiger partial charge in [0.2, 0.25) is 0 Å². The Morgan fingerprint density at radius 2 is 1.26 bits per heavy atom. The predicted octanol–water partition coefficient (Wildman–Crippen LogP) is 11.7. The van der Waals surface area contributed by atoms with Gasteiger partial charge < -0.3 is 4.57 Å². The van der Waals surface area contributed by atoms with Gasteiger partial charge in [-0.15, -0.1) is 22.7 Å². The first kappa shape index (κ1) is 24.6. The van der Waals surface area contributed by atoms with Crippen LogP contribution in [0.25, 0.3) is 79.0 Å². The van der Waals surface area contributed by atoms with Crippen LogP contribution < -0.4 is 0 Å². The summed E-state index contributed by atoms with van der Waals surface area (Å²) in [4.78, 5) is 0. The first-order valence-corrected chi connectivity index (χ1v) is 16.0. The maximum absolute atomic E-state index is 10.3. The largest absolute Gasteiger partial charge is 0.308 e. The van der Waals surface area contributed by atoms with Crippen molar-refractivity contribution in [1.29, 1.82) is 5.26 Å². The van der Waals surface area contributed by atoms with Crippen molar-refractivity contribution in [3.05, 3.63) is 126 Å². The van der Waals surface area contributed by atoms with Crippen LogP contribution in [0.4, 0.5) is 0 Å². The number of benzene rings is 6. The van der Waals surface area contributed by atoms with Crippen molar-refractivity contribution >= 4 is 84.8 Å². The van der Waals surface area contributed by atoms with E-state index in [0.29, 0.717) is 0 Å². The van der Waals surface area contributed by atoms with Crippen LogP contribution in [0, 0.1) is 25.2 Å². The van der Waals surface area contributed by atoms with Gasteiger partial charge in [-0.1, -0.05) is 65.7 Å². The second-order valence-electron chi connectivity index (χ2n) is 11.5. The Balaban J connectivity index is 1.31. The highest BCUT2D eigenvalue weighted by atomic mass is 32.1. The smallest absolute Gasteiger partial charge is 0.101 e. The van der Waals surface area contributed by atoms with Crippen LogP contribution in [0.5, 0.6) is 0 Å². The third-order valence-corrected chi connectivity index (χ3v) is 11.1. The normalized spacial score (nSPS) is 11.9. The van der Waals surface area contributed by atoms with Crippen molar-refractivity contribution in [3.8, 4) is 22.9 Å². The molecule has 0 aliphatic rings. The van der Waals surface area contributed by atoms with Crippen molar-refractivity contribution in [2.75, 3.05) is 0 Å². The topological polar surface area (TPSA) is 28.7 Å². The number of aryl methyl sites for hydroxylation is 2. The zero-order valence-electron chi connectivity index (χ0n) is 23.6. The van der Waals surface area contributed by atoms with Crippen LogP contribution in [0.2, 0.25) is 0 Å². The lowest BCUT2D eigenvalue weighted by Gasteiger charge is -2.09. The van der Waals surface area contributed by atoms with Gasteiger partial charge in [-0.3, -0.25) is 0 Å². The quantitative estimate of drug-likeness (QED) is 0.199.